The van der Waals surface area contributed by atoms with Crippen molar-refractivity contribution in [1.82, 2.24) is 0 Å². The number of aliphatic hydroxyl groups is 1. The fourth-order valence-electron chi connectivity index (χ4n) is 2.80. The van der Waals surface area contributed by atoms with Gasteiger partial charge in [0, 0.05) is 4.43 Å². The molecule has 2 aromatic carbocycles. The number of benzene rings is 2. The van der Waals surface area contributed by atoms with E-state index in [0.29, 0.717) is 0 Å². The average Bonchev–Trinajstić information content (AvgIpc) is 2.70. The molecule has 1 N–H and O–H groups in total. The van der Waals surface area contributed by atoms with E-state index >= 15 is 0 Å². The Hall–Kier alpha value is -1.13. The van der Waals surface area contributed by atoms with Crippen LogP contribution < -0.4 is 0 Å². The lowest BCUT2D eigenvalue weighted by Gasteiger charge is -2.22. The molecule has 1 nitrogen and oxygen atoms in total. The number of halogens is 1. The van der Waals surface area contributed by atoms with E-state index in [4.69, 9.17) is 0 Å². The zero-order valence-electron chi connectivity index (χ0n) is 10.7. The summed E-state index contributed by atoms with van der Waals surface area (Å²) in [5, 5.41) is 11.2. The van der Waals surface area contributed by atoms with Crippen LogP contribution in [-0.2, 0) is 5.60 Å². The van der Waals surface area contributed by atoms with Gasteiger partial charge in [-0.15, -0.1) is 0 Å². The van der Waals surface area contributed by atoms with Gasteiger partial charge < -0.3 is 5.11 Å². The fourth-order valence-corrected chi connectivity index (χ4v) is 3.02. The summed E-state index contributed by atoms with van der Waals surface area (Å²) in [6, 6.07) is 16.2. The van der Waals surface area contributed by atoms with Crippen molar-refractivity contribution in [3.8, 4) is 11.1 Å². The predicted molar refractivity (Wildman–Crippen MR) is 87.5 cm³/mol. The highest BCUT2D eigenvalue weighted by molar-refractivity contribution is 14.1. The van der Waals surface area contributed by atoms with E-state index in [9.17, 15) is 5.11 Å². The fraction of sp³-hybridized carbons (Fsp3) is 0.176. The van der Waals surface area contributed by atoms with Crippen LogP contribution in [0.5, 0.6) is 0 Å². The number of allylic oxidation sites excluding steroid dienone is 1. The average molecular weight is 362 g/mol. The van der Waals surface area contributed by atoms with Crippen LogP contribution >= 0.6 is 22.6 Å². The number of rotatable bonds is 2. The lowest BCUT2D eigenvalue weighted by atomic mass is 9.90. The SMILES string of the molecule is C/C(=C\C1(O)c2ccccc2-c2ccccc21)CI. The van der Waals surface area contributed by atoms with Crippen LogP contribution in [-0.4, -0.2) is 9.53 Å². The second-order valence-corrected chi connectivity index (χ2v) is 5.74. The second-order valence-electron chi connectivity index (χ2n) is 4.98. The third-order valence-electron chi connectivity index (χ3n) is 3.63. The van der Waals surface area contributed by atoms with Gasteiger partial charge in [-0.05, 0) is 35.3 Å². The molecule has 0 atom stereocenters. The maximum atomic E-state index is 11.2. The summed E-state index contributed by atoms with van der Waals surface area (Å²) in [5.74, 6) is 0. The monoisotopic (exact) mass is 362 g/mol. The van der Waals surface area contributed by atoms with Crippen LogP contribution in [0.1, 0.15) is 18.1 Å². The Morgan fingerprint density at radius 3 is 2.00 bits per heavy atom. The Bertz CT molecular complexity index is 612. The molecule has 0 aliphatic heterocycles. The Kier molecular flexibility index (Phi) is 3.23. The van der Waals surface area contributed by atoms with Crippen molar-refractivity contribution in [3.05, 3.63) is 71.3 Å². The standard InChI is InChI=1S/C17H15IO/c1-12(11-18)10-17(19)15-8-4-2-6-13(15)14-7-3-5-9-16(14)17/h2-10,19H,11H2,1H3/b12-10+. The zero-order chi connectivity index (χ0) is 13.5. The molecule has 1 aliphatic rings. The Balaban J connectivity index is 2.31. The van der Waals surface area contributed by atoms with Crippen molar-refractivity contribution >= 4 is 22.6 Å². The summed E-state index contributed by atoms with van der Waals surface area (Å²) in [6.45, 7) is 2.06. The van der Waals surface area contributed by atoms with Crippen LogP contribution in [0.4, 0.5) is 0 Å². The van der Waals surface area contributed by atoms with E-state index in [-0.39, 0.29) is 0 Å². The largest absolute Gasteiger partial charge is 0.377 e. The molecule has 0 radical (unpaired) electrons. The van der Waals surface area contributed by atoms with Gasteiger partial charge in [0.05, 0.1) is 0 Å². The van der Waals surface area contributed by atoms with Crippen molar-refractivity contribution in [2.75, 3.05) is 4.43 Å². The molecule has 0 amide bonds. The minimum atomic E-state index is -0.984. The van der Waals surface area contributed by atoms with Crippen molar-refractivity contribution in [2.24, 2.45) is 0 Å². The highest BCUT2D eigenvalue weighted by Gasteiger charge is 2.39. The topological polar surface area (TPSA) is 20.2 Å². The minimum absolute atomic E-state index is 0.921. The molecular weight excluding hydrogens is 347 g/mol. The molecule has 1 aliphatic carbocycles. The molecular formula is C17H15IO. The molecule has 0 spiro atoms. The normalized spacial score (nSPS) is 16.1. The van der Waals surface area contributed by atoms with Gasteiger partial charge in [0.1, 0.15) is 5.60 Å². The van der Waals surface area contributed by atoms with Gasteiger partial charge in [0.25, 0.3) is 0 Å². The lowest BCUT2D eigenvalue weighted by molar-refractivity contribution is 0.138. The summed E-state index contributed by atoms with van der Waals surface area (Å²) in [4.78, 5) is 0. The predicted octanol–water partition coefficient (Wildman–Crippen LogP) is 4.28. The molecule has 96 valence electrons. The van der Waals surface area contributed by atoms with Crippen molar-refractivity contribution < 1.29 is 5.11 Å². The summed E-state index contributed by atoms with van der Waals surface area (Å²) in [6.07, 6.45) is 1.99. The molecule has 0 aromatic heterocycles. The molecule has 0 heterocycles. The van der Waals surface area contributed by atoms with Gasteiger partial charge in [-0.2, -0.15) is 0 Å². The summed E-state index contributed by atoms with van der Waals surface area (Å²) in [7, 11) is 0. The van der Waals surface area contributed by atoms with E-state index in [1.54, 1.807) is 0 Å². The quantitative estimate of drug-likeness (QED) is 0.480. The molecule has 0 saturated carbocycles. The third-order valence-corrected chi connectivity index (χ3v) is 4.83. The molecule has 19 heavy (non-hydrogen) atoms. The molecule has 0 bridgehead atoms. The van der Waals surface area contributed by atoms with Gasteiger partial charge in [0.15, 0.2) is 0 Å². The van der Waals surface area contributed by atoms with Crippen molar-refractivity contribution in [1.29, 1.82) is 0 Å². The lowest BCUT2D eigenvalue weighted by Crippen LogP contribution is -2.22. The Morgan fingerprint density at radius 1 is 1.05 bits per heavy atom. The Labute approximate surface area is 127 Å². The molecule has 2 aromatic rings. The van der Waals surface area contributed by atoms with Gasteiger partial charge in [-0.25, -0.2) is 0 Å². The van der Waals surface area contributed by atoms with Crippen molar-refractivity contribution in [2.45, 2.75) is 12.5 Å². The first kappa shape index (κ1) is 12.9. The summed E-state index contributed by atoms with van der Waals surface area (Å²) >= 11 is 2.33. The summed E-state index contributed by atoms with van der Waals surface area (Å²) in [5.41, 5.74) is 4.45. The molecule has 0 saturated heterocycles. The second kappa shape index (κ2) is 4.76. The van der Waals surface area contributed by atoms with Crippen LogP contribution in [0.3, 0.4) is 0 Å². The summed E-state index contributed by atoms with van der Waals surface area (Å²) < 4.78 is 0.921. The van der Waals surface area contributed by atoms with E-state index in [1.165, 1.54) is 5.57 Å². The first-order valence-electron chi connectivity index (χ1n) is 6.33. The smallest absolute Gasteiger partial charge is 0.135 e. The van der Waals surface area contributed by atoms with Crippen LogP contribution in [0.25, 0.3) is 11.1 Å². The van der Waals surface area contributed by atoms with Gasteiger partial charge >= 0.3 is 0 Å². The molecule has 3 rings (SSSR count). The Morgan fingerprint density at radius 2 is 1.53 bits per heavy atom. The number of fused-ring (bicyclic) bond motifs is 3. The first-order chi connectivity index (χ1) is 9.16. The van der Waals surface area contributed by atoms with Gasteiger partial charge in [-0.1, -0.05) is 76.7 Å². The molecule has 0 unspecified atom stereocenters. The van der Waals surface area contributed by atoms with Crippen LogP contribution in [0, 0.1) is 0 Å². The molecule has 2 heteroatoms. The highest BCUT2D eigenvalue weighted by Crippen LogP contribution is 2.48. The number of alkyl halides is 1. The maximum absolute atomic E-state index is 11.2. The van der Waals surface area contributed by atoms with E-state index in [0.717, 1.165) is 26.7 Å². The van der Waals surface area contributed by atoms with Gasteiger partial charge in [-0.3, -0.25) is 0 Å². The molecule has 0 fully saturated rings. The van der Waals surface area contributed by atoms with E-state index < -0.39 is 5.60 Å². The number of hydrogen-bond donors (Lipinski definition) is 1. The maximum Gasteiger partial charge on any atom is 0.135 e. The van der Waals surface area contributed by atoms with E-state index in [1.807, 2.05) is 42.5 Å². The van der Waals surface area contributed by atoms with Crippen LogP contribution in [0.15, 0.2) is 60.2 Å². The van der Waals surface area contributed by atoms with Crippen molar-refractivity contribution in [3.63, 3.8) is 0 Å². The highest BCUT2D eigenvalue weighted by atomic mass is 127. The zero-order valence-corrected chi connectivity index (χ0v) is 12.9. The number of hydrogen-bond acceptors (Lipinski definition) is 1. The van der Waals surface area contributed by atoms with Crippen LogP contribution in [0.2, 0.25) is 0 Å². The minimum Gasteiger partial charge on any atom is -0.377 e. The third kappa shape index (κ3) is 1.94. The van der Waals surface area contributed by atoms with Gasteiger partial charge in [0.2, 0.25) is 0 Å². The van der Waals surface area contributed by atoms with E-state index in [2.05, 4.69) is 41.6 Å². The first-order valence-corrected chi connectivity index (χ1v) is 7.85.